The number of benzene rings is 1. The lowest BCUT2D eigenvalue weighted by Gasteiger charge is -2.09. The van der Waals surface area contributed by atoms with Crippen LogP contribution < -0.4 is 4.74 Å². The van der Waals surface area contributed by atoms with Gasteiger partial charge in [0.1, 0.15) is 11.6 Å². The van der Waals surface area contributed by atoms with Gasteiger partial charge in [0.05, 0.1) is 6.61 Å². The van der Waals surface area contributed by atoms with Crippen LogP contribution in [0.4, 0.5) is 4.39 Å². The molecular weight excluding hydrogens is 203 g/mol. The fraction of sp³-hybridized carbons (Fsp3) is 0.571. The number of hydrogen-bond acceptors (Lipinski definition) is 1. The molecule has 94 valence electrons. The minimum atomic E-state index is -0.201. The second-order valence-corrected chi connectivity index (χ2v) is 2.80. The van der Waals surface area contributed by atoms with Crippen molar-refractivity contribution in [3.05, 3.63) is 29.1 Å². The van der Waals surface area contributed by atoms with Gasteiger partial charge in [0.25, 0.3) is 0 Å². The highest BCUT2D eigenvalue weighted by atomic mass is 19.1. The van der Waals surface area contributed by atoms with Crippen LogP contribution in [0.2, 0.25) is 0 Å². The number of ether oxygens (including phenoxy) is 1. The van der Waals surface area contributed by atoms with Gasteiger partial charge in [-0.2, -0.15) is 0 Å². The van der Waals surface area contributed by atoms with Crippen LogP contribution in [-0.4, -0.2) is 6.61 Å². The summed E-state index contributed by atoms with van der Waals surface area (Å²) in [5, 5.41) is 0. The molecule has 0 aliphatic carbocycles. The Morgan fingerprint density at radius 1 is 1.00 bits per heavy atom. The molecule has 0 N–H and O–H groups in total. The summed E-state index contributed by atoms with van der Waals surface area (Å²) in [5.41, 5.74) is 1.71. The van der Waals surface area contributed by atoms with Crippen LogP contribution in [0.25, 0.3) is 0 Å². The van der Waals surface area contributed by atoms with Crippen molar-refractivity contribution in [2.75, 3.05) is 6.61 Å². The van der Waals surface area contributed by atoms with Crippen LogP contribution >= 0.6 is 0 Å². The average molecular weight is 228 g/mol. The Hall–Kier alpha value is -1.05. The monoisotopic (exact) mass is 228 g/mol. The van der Waals surface area contributed by atoms with E-state index < -0.39 is 0 Å². The van der Waals surface area contributed by atoms with Gasteiger partial charge in [0.2, 0.25) is 0 Å². The molecule has 0 radical (unpaired) electrons. The summed E-state index contributed by atoms with van der Waals surface area (Å²) in [6.45, 7) is 14.2. The summed E-state index contributed by atoms with van der Waals surface area (Å²) < 4.78 is 18.1. The molecule has 0 unspecified atom stereocenters. The van der Waals surface area contributed by atoms with E-state index in [-0.39, 0.29) is 5.82 Å². The third kappa shape index (κ3) is 5.74. The number of hydrogen-bond donors (Lipinski definition) is 0. The minimum absolute atomic E-state index is 0.201. The van der Waals surface area contributed by atoms with E-state index in [0.29, 0.717) is 6.61 Å². The zero-order valence-electron chi connectivity index (χ0n) is 11.6. The van der Waals surface area contributed by atoms with Gasteiger partial charge in [-0.25, -0.2) is 4.39 Å². The lowest BCUT2D eigenvalue weighted by atomic mass is 10.1. The Kier molecular flexibility index (Phi) is 11.3. The van der Waals surface area contributed by atoms with E-state index in [0.717, 1.165) is 16.9 Å². The molecule has 2 heteroatoms. The van der Waals surface area contributed by atoms with Crippen molar-refractivity contribution in [3.8, 4) is 5.75 Å². The number of halogens is 1. The van der Waals surface area contributed by atoms with Crippen molar-refractivity contribution in [1.82, 2.24) is 0 Å². The SMILES string of the molecule is CC.CC.CCOc1c(C)cc(F)cc1C. The van der Waals surface area contributed by atoms with Crippen molar-refractivity contribution in [3.63, 3.8) is 0 Å². The van der Waals surface area contributed by atoms with E-state index in [2.05, 4.69) is 0 Å². The second kappa shape index (κ2) is 10.5. The Bertz CT molecular complexity index is 259. The van der Waals surface area contributed by atoms with Crippen molar-refractivity contribution < 1.29 is 9.13 Å². The van der Waals surface area contributed by atoms with E-state index in [1.807, 2.05) is 48.5 Å². The van der Waals surface area contributed by atoms with Crippen molar-refractivity contribution in [2.24, 2.45) is 0 Å². The molecule has 0 atom stereocenters. The molecule has 0 bridgehead atoms. The molecule has 0 aromatic heterocycles. The highest BCUT2D eigenvalue weighted by Crippen LogP contribution is 2.23. The molecule has 0 saturated carbocycles. The van der Waals surface area contributed by atoms with E-state index in [1.54, 1.807) is 0 Å². The van der Waals surface area contributed by atoms with E-state index in [9.17, 15) is 4.39 Å². The maximum Gasteiger partial charge on any atom is 0.125 e. The summed E-state index contributed by atoms with van der Waals surface area (Å²) in [6.07, 6.45) is 0. The minimum Gasteiger partial charge on any atom is -0.493 e. The first-order valence-electron chi connectivity index (χ1n) is 6.04. The lowest BCUT2D eigenvalue weighted by Crippen LogP contribution is -1.97. The van der Waals surface area contributed by atoms with Gasteiger partial charge in [-0.05, 0) is 44.0 Å². The Balaban J connectivity index is 0. The van der Waals surface area contributed by atoms with E-state index in [1.165, 1.54) is 12.1 Å². The van der Waals surface area contributed by atoms with Gasteiger partial charge in [0.15, 0.2) is 0 Å². The molecule has 0 amide bonds. The zero-order valence-corrected chi connectivity index (χ0v) is 11.6. The van der Waals surface area contributed by atoms with Crippen LogP contribution in [0, 0.1) is 19.7 Å². The van der Waals surface area contributed by atoms with Crippen LogP contribution in [0.15, 0.2) is 12.1 Å². The third-order valence-corrected chi connectivity index (χ3v) is 1.71. The maximum absolute atomic E-state index is 12.8. The van der Waals surface area contributed by atoms with Crippen molar-refractivity contribution >= 4 is 0 Å². The Labute approximate surface area is 99.6 Å². The van der Waals surface area contributed by atoms with Crippen LogP contribution in [0.5, 0.6) is 5.75 Å². The molecule has 1 nitrogen and oxygen atoms in total. The fourth-order valence-electron chi connectivity index (χ4n) is 1.27. The molecule has 0 aliphatic rings. The summed E-state index contributed by atoms with van der Waals surface area (Å²) >= 11 is 0. The lowest BCUT2D eigenvalue weighted by molar-refractivity contribution is 0.334. The summed E-state index contributed by atoms with van der Waals surface area (Å²) in [5.74, 6) is 0.604. The van der Waals surface area contributed by atoms with Crippen molar-refractivity contribution in [1.29, 1.82) is 0 Å². The predicted octanol–water partition coefficient (Wildman–Crippen LogP) is 4.89. The Morgan fingerprint density at radius 3 is 1.69 bits per heavy atom. The van der Waals surface area contributed by atoms with Crippen LogP contribution in [-0.2, 0) is 0 Å². The highest BCUT2D eigenvalue weighted by molar-refractivity contribution is 5.40. The van der Waals surface area contributed by atoms with Crippen LogP contribution in [0.1, 0.15) is 45.7 Å². The van der Waals surface area contributed by atoms with Gasteiger partial charge >= 0.3 is 0 Å². The molecule has 1 rings (SSSR count). The van der Waals surface area contributed by atoms with Gasteiger partial charge in [0, 0.05) is 0 Å². The first kappa shape index (κ1) is 17.3. The zero-order chi connectivity index (χ0) is 13.1. The molecule has 0 saturated heterocycles. The van der Waals surface area contributed by atoms with Gasteiger partial charge in [-0.1, -0.05) is 27.7 Å². The molecule has 0 heterocycles. The van der Waals surface area contributed by atoms with Gasteiger partial charge in [-0.3, -0.25) is 0 Å². The third-order valence-electron chi connectivity index (χ3n) is 1.71. The fourth-order valence-corrected chi connectivity index (χ4v) is 1.27. The van der Waals surface area contributed by atoms with Crippen LogP contribution in [0.3, 0.4) is 0 Å². The second-order valence-electron chi connectivity index (χ2n) is 2.80. The molecule has 1 aromatic rings. The van der Waals surface area contributed by atoms with Crippen molar-refractivity contribution in [2.45, 2.75) is 48.5 Å². The maximum atomic E-state index is 12.8. The molecule has 0 spiro atoms. The quantitative estimate of drug-likeness (QED) is 0.700. The topological polar surface area (TPSA) is 9.23 Å². The highest BCUT2D eigenvalue weighted by Gasteiger charge is 2.04. The Morgan fingerprint density at radius 2 is 1.38 bits per heavy atom. The first-order chi connectivity index (χ1) is 7.65. The standard InChI is InChI=1S/C10H13FO.2C2H6/c1-4-12-10-7(2)5-9(11)6-8(10)3;2*1-2/h5-6H,4H2,1-3H3;2*1-2H3. The van der Waals surface area contributed by atoms with Gasteiger partial charge < -0.3 is 4.74 Å². The predicted molar refractivity (Wildman–Crippen MR) is 69.7 cm³/mol. The summed E-state index contributed by atoms with van der Waals surface area (Å²) in [4.78, 5) is 0. The normalized spacial score (nSPS) is 8.25. The smallest absolute Gasteiger partial charge is 0.125 e. The van der Waals surface area contributed by atoms with Gasteiger partial charge in [-0.15, -0.1) is 0 Å². The molecule has 16 heavy (non-hydrogen) atoms. The molecule has 0 fully saturated rings. The van der Waals surface area contributed by atoms with E-state index in [4.69, 9.17) is 4.74 Å². The summed E-state index contributed by atoms with van der Waals surface area (Å²) in [6, 6.07) is 2.97. The first-order valence-corrected chi connectivity index (χ1v) is 6.04. The average Bonchev–Trinajstić information content (AvgIpc) is 2.29. The van der Waals surface area contributed by atoms with E-state index >= 15 is 0 Å². The number of aryl methyl sites for hydroxylation is 2. The largest absolute Gasteiger partial charge is 0.493 e. The molecular formula is C14H25FO. The molecule has 1 aromatic carbocycles. The molecule has 0 aliphatic heterocycles. The number of rotatable bonds is 2. The summed E-state index contributed by atoms with van der Waals surface area (Å²) in [7, 11) is 0.